The number of benzene rings is 1. The van der Waals surface area contributed by atoms with Crippen LogP contribution < -0.4 is 10.5 Å². The molecule has 2 rings (SSSR count). The fourth-order valence-corrected chi connectivity index (χ4v) is 1.88. The molecule has 1 aromatic rings. The van der Waals surface area contributed by atoms with E-state index in [1.54, 1.807) is 7.11 Å². The molecule has 1 aliphatic carbocycles. The SMILES string of the molecule is COc1ccc(CC2(N)CC2C)cc1. The second kappa shape index (κ2) is 3.28. The molecule has 2 N–H and O–H groups in total. The predicted molar refractivity (Wildman–Crippen MR) is 57.4 cm³/mol. The van der Waals surface area contributed by atoms with Gasteiger partial charge in [-0.15, -0.1) is 0 Å². The molecular formula is C12H17NO. The fourth-order valence-electron chi connectivity index (χ4n) is 1.88. The van der Waals surface area contributed by atoms with Gasteiger partial charge in [0.05, 0.1) is 7.11 Å². The summed E-state index contributed by atoms with van der Waals surface area (Å²) < 4.78 is 5.10. The highest BCUT2D eigenvalue weighted by Crippen LogP contribution is 2.42. The van der Waals surface area contributed by atoms with Crippen LogP contribution in [0.2, 0.25) is 0 Å². The van der Waals surface area contributed by atoms with Crippen molar-refractivity contribution in [1.29, 1.82) is 0 Å². The van der Waals surface area contributed by atoms with E-state index in [1.165, 1.54) is 5.56 Å². The minimum Gasteiger partial charge on any atom is -0.497 e. The number of hydrogen-bond donors (Lipinski definition) is 1. The molecule has 0 aliphatic heterocycles. The topological polar surface area (TPSA) is 35.2 Å². The van der Waals surface area contributed by atoms with Crippen molar-refractivity contribution >= 4 is 0 Å². The van der Waals surface area contributed by atoms with Crippen LogP contribution in [0.25, 0.3) is 0 Å². The Morgan fingerprint density at radius 2 is 2.00 bits per heavy atom. The van der Waals surface area contributed by atoms with Gasteiger partial charge in [-0.3, -0.25) is 0 Å². The van der Waals surface area contributed by atoms with Crippen molar-refractivity contribution in [2.45, 2.75) is 25.3 Å². The highest BCUT2D eigenvalue weighted by molar-refractivity contribution is 5.29. The van der Waals surface area contributed by atoms with E-state index in [1.807, 2.05) is 12.1 Å². The van der Waals surface area contributed by atoms with Crippen LogP contribution in [0, 0.1) is 5.92 Å². The van der Waals surface area contributed by atoms with Crippen LogP contribution in [-0.4, -0.2) is 12.6 Å². The van der Waals surface area contributed by atoms with Crippen LogP contribution in [0.5, 0.6) is 5.75 Å². The average Bonchev–Trinajstić information content (AvgIpc) is 2.75. The van der Waals surface area contributed by atoms with Gasteiger partial charge in [0.1, 0.15) is 5.75 Å². The normalized spacial score (nSPS) is 30.1. The third-order valence-electron chi connectivity index (χ3n) is 3.20. The van der Waals surface area contributed by atoms with Gasteiger partial charge in [-0.25, -0.2) is 0 Å². The molecule has 2 atom stereocenters. The molecule has 2 heteroatoms. The molecule has 76 valence electrons. The zero-order chi connectivity index (χ0) is 10.2. The zero-order valence-electron chi connectivity index (χ0n) is 8.79. The van der Waals surface area contributed by atoms with Gasteiger partial charge in [0.25, 0.3) is 0 Å². The standard InChI is InChI=1S/C12H17NO/c1-9-7-12(9,13)8-10-3-5-11(14-2)6-4-10/h3-6,9H,7-8,13H2,1-2H3. The number of nitrogens with two attached hydrogens (primary N) is 1. The fraction of sp³-hybridized carbons (Fsp3) is 0.500. The smallest absolute Gasteiger partial charge is 0.118 e. The molecule has 0 aromatic heterocycles. The Morgan fingerprint density at radius 3 is 2.43 bits per heavy atom. The van der Waals surface area contributed by atoms with E-state index in [0.717, 1.165) is 18.6 Å². The lowest BCUT2D eigenvalue weighted by molar-refractivity contribution is 0.414. The molecule has 0 bridgehead atoms. The summed E-state index contributed by atoms with van der Waals surface area (Å²) in [5, 5.41) is 0. The molecule has 0 radical (unpaired) electrons. The molecule has 0 amide bonds. The largest absolute Gasteiger partial charge is 0.497 e. The first-order chi connectivity index (χ1) is 6.64. The van der Waals surface area contributed by atoms with Crippen LogP contribution >= 0.6 is 0 Å². The van der Waals surface area contributed by atoms with Crippen LogP contribution in [0.15, 0.2) is 24.3 Å². The van der Waals surface area contributed by atoms with Crippen molar-refractivity contribution in [3.8, 4) is 5.75 Å². The van der Waals surface area contributed by atoms with Crippen molar-refractivity contribution in [2.24, 2.45) is 11.7 Å². The lowest BCUT2D eigenvalue weighted by Gasteiger charge is -2.10. The Labute approximate surface area is 85.1 Å². The van der Waals surface area contributed by atoms with Crippen molar-refractivity contribution < 1.29 is 4.74 Å². The van der Waals surface area contributed by atoms with Crippen molar-refractivity contribution in [1.82, 2.24) is 0 Å². The summed E-state index contributed by atoms with van der Waals surface area (Å²) in [6.07, 6.45) is 2.14. The van der Waals surface area contributed by atoms with E-state index in [9.17, 15) is 0 Å². The summed E-state index contributed by atoms with van der Waals surface area (Å²) in [5.74, 6) is 1.58. The van der Waals surface area contributed by atoms with E-state index in [-0.39, 0.29) is 5.54 Å². The first kappa shape index (κ1) is 9.53. The Hall–Kier alpha value is -1.02. The van der Waals surface area contributed by atoms with Gasteiger partial charge < -0.3 is 10.5 Å². The highest BCUT2D eigenvalue weighted by atomic mass is 16.5. The van der Waals surface area contributed by atoms with E-state index in [2.05, 4.69) is 19.1 Å². The lowest BCUT2D eigenvalue weighted by Crippen LogP contribution is -2.27. The van der Waals surface area contributed by atoms with Crippen LogP contribution in [-0.2, 0) is 6.42 Å². The molecule has 14 heavy (non-hydrogen) atoms. The van der Waals surface area contributed by atoms with Crippen molar-refractivity contribution in [2.75, 3.05) is 7.11 Å². The van der Waals surface area contributed by atoms with E-state index in [4.69, 9.17) is 10.5 Å². The summed E-state index contributed by atoms with van der Waals surface area (Å²) in [4.78, 5) is 0. The van der Waals surface area contributed by atoms with Crippen LogP contribution in [0.3, 0.4) is 0 Å². The maximum Gasteiger partial charge on any atom is 0.118 e. The Kier molecular flexibility index (Phi) is 2.23. The molecule has 0 saturated heterocycles. The molecule has 1 aromatic carbocycles. The third kappa shape index (κ3) is 1.75. The predicted octanol–water partition coefficient (Wildman–Crippen LogP) is 1.98. The minimum atomic E-state index is 0.0641. The number of ether oxygens (including phenoxy) is 1. The Morgan fingerprint density at radius 1 is 1.43 bits per heavy atom. The van der Waals surface area contributed by atoms with E-state index < -0.39 is 0 Å². The molecule has 2 nitrogen and oxygen atoms in total. The quantitative estimate of drug-likeness (QED) is 0.792. The molecule has 2 unspecified atom stereocenters. The molecular weight excluding hydrogens is 174 g/mol. The summed E-state index contributed by atoms with van der Waals surface area (Å²) in [5.41, 5.74) is 7.53. The molecule has 0 heterocycles. The summed E-state index contributed by atoms with van der Waals surface area (Å²) in [7, 11) is 1.68. The molecule has 0 spiro atoms. The highest BCUT2D eigenvalue weighted by Gasteiger charge is 2.46. The van der Waals surface area contributed by atoms with Crippen molar-refractivity contribution in [3.05, 3.63) is 29.8 Å². The molecule has 1 fully saturated rings. The third-order valence-corrected chi connectivity index (χ3v) is 3.20. The average molecular weight is 191 g/mol. The maximum absolute atomic E-state index is 6.16. The molecule has 1 saturated carbocycles. The number of rotatable bonds is 3. The van der Waals surface area contributed by atoms with Gasteiger partial charge in [0.15, 0.2) is 0 Å². The number of methoxy groups -OCH3 is 1. The van der Waals surface area contributed by atoms with Crippen LogP contribution in [0.4, 0.5) is 0 Å². The number of hydrogen-bond acceptors (Lipinski definition) is 2. The van der Waals surface area contributed by atoms with E-state index >= 15 is 0 Å². The van der Waals surface area contributed by atoms with Gasteiger partial charge in [-0.1, -0.05) is 19.1 Å². The van der Waals surface area contributed by atoms with Gasteiger partial charge in [-0.05, 0) is 36.5 Å². The van der Waals surface area contributed by atoms with Gasteiger partial charge >= 0.3 is 0 Å². The maximum atomic E-state index is 6.16. The van der Waals surface area contributed by atoms with Crippen molar-refractivity contribution in [3.63, 3.8) is 0 Å². The monoisotopic (exact) mass is 191 g/mol. The zero-order valence-corrected chi connectivity index (χ0v) is 8.79. The Bertz CT molecular complexity index is 320. The lowest BCUT2D eigenvalue weighted by atomic mass is 10.0. The second-order valence-electron chi connectivity index (χ2n) is 4.36. The first-order valence-corrected chi connectivity index (χ1v) is 5.06. The summed E-state index contributed by atoms with van der Waals surface area (Å²) >= 11 is 0. The van der Waals surface area contributed by atoms with Gasteiger partial charge in [-0.2, -0.15) is 0 Å². The van der Waals surface area contributed by atoms with Gasteiger partial charge in [0, 0.05) is 5.54 Å². The van der Waals surface area contributed by atoms with E-state index in [0.29, 0.717) is 5.92 Å². The molecule has 1 aliphatic rings. The summed E-state index contributed by atoms with van der Waals surface area (Å²) in [6.45, 7) is 2.21. The summed E-state index contributed by atoms with van der Waals surface area (Å²) in [6, 6.07) is 8.18. The Balaban J connectivity index is 2.04. The minimum absolute atomic E-state index is 0.0641. The van der Waals surface area contributed by atoms with Crippen LogP contribution in [0.1, 0.15) is 18.9 Å². The van der Waals surface area contributed by atoms with Gasteiger partial charge in [0.2, 0.25) is 0 Å². The second-order valence-corrected chi connectivity index (χ2v) is 4.36. The first-order valence-electron chi connectivity index (χ1n) is 5.06.